The van der Waals surface area contributed by atoms with Gasteiger partial charge in [-0.15, -0.1) is 5.10 Å². The molecule has 6 nitrogen and oxygen atoms in total. The minimum Gasteiger partial charge on any atom is -0.463 e. The van der Waals surface area contributed by atoms with E-state index >= 15 is 0 Å². The Labute approximate surface area is 140 Å². The largest absolute Gasteiger partial charge is 0.463 e. The van der Waals surface area contributed by atoms with Crippen molar-refractivity contribution in [2.24, 2.45) is 0 Å². The molecule has 2 aromatic heterocycles. The van der Waals surface area contributed by atoms with Crippen molar-refractivity contribution >= 4 is 5.91 Å². The number of nitrogens with zero attached hydrogens (tertiary/aromatic N) is 3. The number of carbonyl (C=O) groups is 1. The van der Waals surface area contributed by atoms with Gasteiger partial charge in [-0.2, -0.15) is 0 Å². The van der Waals surface area contributed by atoms with Crippen LogP contribution in [0.2, 0.25) is 0 Å². The maximum Gasteiger partial charge on any atom is 0.274 e. The van der Waals surface area contributed by atoms with Crippen LogP contribution in [0.4, 0.5) is 0 Å². The first-order valence-corrected chi connectivity index (χ1v) is 8.05. The van der Waals surface area contributed by atoms with Gasteiger partial charge >= 0.3 is 0 Å². The summed E-state index contributed by atoms with van der Waals surface area (Å²) < 4.78 is 7.13. The second kappa shape index (κ2) is 7.12. The Morgan fingerprint density at radius 3 is 2.71 bits per heavy atom. The summed E-state index contributed by atoms with van der Waals surface area (Å²) in [6.45, 7) is 4.71. The molecule has 1 aromatic carbocycles. The number of aryl methyl sites for hydroxylation is 1. The number of furan rings is 1. The summed E-state index contributed by atoms with van der Waals surface area (Å²) >= 11 is 0. The van der Waals surface area contributed by atoms with Crippen LogP contribution in [0.3, 0.4) is 0 Å². The van der Waals surface area contributed by atoms with E-state index in [1.165, 1.54) is 0 Å². The second-order valence-electron chi connectivity index (χ2n) is 5.62. The number of hydrogen-bond acceptors (Lipinski definition) is 4. The van der Waals surface area contributed by atoms with Crippen molar-refractivity contribution in [1.82, 2.24) is 20.3 Å². The molecule has 24 heavy (non-hydrogen) atoms. The van der Waals surface area contributed by atoms with Crippen LogP contribution in [0.15, 0.2) is 47.1 Å². The van der Waals surface area contributed by atoms with Gasteiger partial charge in [-0.25, -0.2) is 4.68 Å². The fourth-order valence-corrected chi connectivity index (χ4v) is 2.40. The van der Waals surface area contributed by atoms with Gasteiger partial charge in [0.2, 0.25) is 0 Å². The predicted octanol–water partition coefficient (Wildman–Crippen LogP) is 3.37. The van der Waals surface area contributed by atoms with Crippen molar-refractivity contribution in [3.63, 3.8) is 0 Å². The van der Waals surface area contributed by atoms with E-state index in [2.05, 4.69) is 22.6 Å². The molecule has 1 N–H and O–H groups in total. The first kappa shape index (κ1) is 16.0. The molecule has 124 valence electrons. The highest BCUT2D eigenvalue weighted by Crippen LogP contribution is 2.25. The zero-order chi connectivity index (χ0) is 16.9. The zero-order valence-corrected chi connectivity index (χ0v) is 13.8. The molecule has 0 aliphatic carbocycles. The van der Waals surface area contributed by atoms with Gasteiger partial charge in [0.05, 0.1) is 12.0 Å². The minimum absolute atomic E-state index is 0.242. The van der Waals surface area contributed by atoms with Crippen LogP contribution in [0.5, 0.6) is 0 Å². The lowest BCUT2D eigenvalue weighted by molar-refractivity contribution is 0.0948. The smallest absolute Gasteiger partial charge is 0.274 e. The maximum atomic E-state index is 12.5. The quantitative estimate of drug-likeness (QED) is 0.706. The molecule has 0 unspecified atom stereocenters. The highest BCUT2D eigenvalue weighted by molar-refractivity contribution is 5.97. The van der Waals surface area contributed by atoms with E-state index in [-0.39, 0.29) is 11.6 Å². The predicted molar refractivity (Wildman–Crippen MR) is 91.0 cm³/mol. The SMILES string of the molecule is CCCCNC(=O)c1nnn(-c2ccc(C)cc2)c1-c1ccco1. The summed E-state index contributed by atoms with van der Waals surface area (Å²) in [6.07, 6.45) is 3.51. The van der Waals surface area contributed by atoms with E-state index in [1.807, 2.05) is 31.2 Å². The molecule has 0 aliphatic rings. The topological polar surface area (TPSA) is 73.0 Å². The number of hydrogen-bond donors (Lipinski definition) is 1. The van der Waals surface area contributed by atoms with Crippen LogP contribution in [0.1, 0.15) is 35.8 Å². The lowest BCUT2D eigenvalue weighted by atomic mass is 10.2. The Balaban J connectivity index is 2.01. The second-order valence-corrected chi connectivity index (χ2v) is 5.62. The standard InChI is InChI=1S/C18H20N4O2/c1-3-4-11-19-18(23)16-17(15-6-5-12-24-15)22(21-20-16)14-9-7-13(2)8-10-14/h5-10,12H,3-4,11H2,1-2H3,(H,19,23). The highest BCUT2D eigenvalue weighted by Gasteiger charge is 2.23. The fraction of sp³-hybridized carbons (Fsp3) is 0.278. The van der Waals surface area contributed by atoms with Gasteiger partial charge in [0.1, 0.15) is 5.69 Å². The van der Waals surface area contributed by atoms with Crippen LogP contribution in [-0.2, 0) is 0 Å². The average Bonchev–Trinajstić information content (AvgIpc) is 3.24. The van der Waals surface area contributed by atoms with Gasteiger partial charge < -0.3 is 9.73 Å². The first-order chi connectivity index (χ1) is 11.7. The van der Waals surface area contributed by atoms with Crippen molar-refractivity contribution < 1.29 is 9.21 Å². The Bertz CT molecular complexity index is 804. The summed E-state index contributed by atoms with van der Waals surface area (Å²) in [4.78, 5) is 12.5. The summed E-state index contributed by atoms with van der Waals surface area (Å²) in [5.74, 6) is 0.314. The molecule has 2 heterocycles. The van der Waals surface area contributed by atoms with Crippen LogP contribution in [0.25, 0.3) is 17.1 Å². The lowest BCUT2D eigenvalue weighted by Gasteiger charge is -2.07. The van der Waals surface area contributed by atoms with E-state index in [9.17, 15) is 4.79 Å². The third-order valence-electron chi connectivity index (χ3n) is 3.73. The molecule has 0 aliphatic heterocycles. The number of amides is 1. The van der Waals surface area contributed by atoms with Gasteiger partial charge in [-0.3, -0.25) is 4.79 Å². The summed E-state index contributed by atoms with van der Waals surface area (Å²) in [7, 11) is 0. The molecule has 1 amide bonds. The number of nitrogens with one attached hydrogen (secondary N) is 1. The van der Waals surface area contributed by atoms with Crippen LogP contribution < -0.4 is 5.32 Å². The first-order valence-electron chi connectivity index (χ1n) is 8.05. The van der Waals surface area contributed by atoms with Gasteiger partial charge in [0.15, 0.2) is 11.5 Å². The number of unbranched alkanes of at least 4 members (excludes halogenated alkanes) is 1. The maximum absolute atomic E-state index is 12.5. The third-order valence-corrected chi connectivity index (χ3v) is 3.73. The van der Waals surface area contributed by atoms with E-state index < -0.39 is 0 Å². The van der Waals surface area contributed by atoms with E-state index in [0.717, 1.165) is 24.1 Å². The fourth-order valence-electron chi connectivity index (χ4n) is 2.40. The van der Waals surface area contributed by atoms with E-state index in [1.54, 1.807) is 23.1 Å². The van der Waals surface area contributed by atoms with Crippen molar-refractivity contribution in [3.05, 3.63) is 53.9 Å². The molecule has 0 saturated carbocycles. The highest BCUT2D eigenvalue weighted by atomic mass is 16.3. The van der Waals surface area contributed by atoms with Crippen LogP contribution >= 0.6 is 0 Å². The molecule has 0 bridgehead atoms. The van der Waals surface area contributed by atoms with E-state index in [0.29, 0.717) is 18.0 Å². The molecule has 0 radical (unpaired) electrons. The molecule has 0 fully saturated rings. The molecule has 3 aromatic rings. The number of rotatable bonds is 6. The number of aromatic nitrogens is 3. The van der Waals surface area contributed by atoms with Crippen molar-refractivity contribution in [2.75, 3.05) is 6.54 Å². The summed E-state index contributed by atoms with van der Waals surface area (Å²) in [6, 6.07) is 11.4. The monoisotopic (exact) mass is 324 g/mol. The van der Waals surface area contributed by atoms with Gasteiger partial charge in [-0.1, -0.05) is 36.3 Å². The van der Waals surface area contributed by atoms with Gasteiger partial charge in [0.25, 0.3) is 5.91 Å². The van der Waals surface area contributed by atoms with Crippen LogP contribution in [-0.4, -0.2) is 27.4 Å². The number of carbonyl (C=O) groups excluding carboxylic acids is 1. The Hall–Kier alpha value is -2.89. The Kier molecular flexibility index (Phi) is 4.74. The minimum atomic E-state index is -0.242. The molecule has 0 saturated heterocycles. The number of benzene rings is 1. The molecule has 0 atom stereocenters. The van der Waals surface area contributed by atoms with Gasteiger partial charge in [0, 0.05) is 6.54 Å². The van der Waals surface area contributed by atoms with Crippen LogP contribution in [0, 0.1) is 6.92 Å². The molecular weight excluding hydrogens is 304 g/mol. The normalized spacial score (nSPS) is 10.8. The van der Waals surface area contributed by atoms with Crippen molar-refractivity contribution in [1.29, 1.82) is 0 Å². The molecule has 3 rings (SSSR count). The summed E-state index contributed by atoms with van der Waals surface area (Å²) in [5, 5.41) is 11.1. The molecule has 6 heteroatoms. The molecule has 0 spiro atoms. The van der Waals surface area contributed by atoms with E-state index in [4.69, 9.17) is 4.42 Å². The zero-order valence-electron chi connectivity index (χ0n) is 13.8. The molecular formula is C18H20N4O2. The van der Waals surface area contributed by atoms with Gasteiger partial charge in [-0.05, 0) is 37.6 Å². The lowest BCUT2D eigenvalue weighted by Crippen LogP contribution is -2.25. The van der Waals surface area contributed by atoms with Crippen molar-refractivity contribution in [2.45, 2.75) is 26.7 Å². The Morgan fingerprint density at radius 1 is 1.25 bits per heavy atom. The van der Waals surface area contributed by atoms with Crippen molar-refractivity contribution in [3.8, 4) is 17.1 Å². The summed E-state index contributed by atoms with van der Waals surface area (Å²) in [5.41, 5.74) is 2.79. The third kappa shape index (κ3) is 3.22. The Morgan fingerprint density at radius 2 is 2.04 bits per heavy atom. The average molecular weight is 324 g/mol.